The lowest BCUT2D eigenvalue weighted by atomic mass is 10.0. The van der Waals surface area contributed by atoms with Gasteiger partial charge < -0.3 is 4.57 Å². The maximum atomic E-state index is 11.6. The highest BCUT2D eigenvalue weighted by Crippen LogP contribution is 2.49. The zero-order valence-electron chi connectivity index (χ0n) is 8.86. The van der Waals surface area contributed by atoms with E-state index in [1.165, 1.54) is 0 Å². The van der Waals surface area contributed by atoms with E-state index >= 15 is 0 Å². The average molecular weight is 202 g/mol. The summed E-state index contributed by atoms with van der Waals surface area (Å²) < 4.78 is 1.72. The molecule has 0 atom stereocenters. The van der Waals surface area contributed by atoms with Crippen molar-refractivity contribution in [2.24, 2.45) is 5.41 Å². The number of rotatable bonds is 3. The lowest BCUT2D eigenvalue weighted by molar-refractivity contribution is 0.423. The first kappa shape index (κ1) is 9.97. The highest BCUT2D eigenvalue weighted by Gasteiger charge is 2.42. The Kier molecular flexibility index (Phi) is 2.36. The lowest BCUT2D eigenvalue weighted by Gasteiger charge is -2.13. The first-order valence-electron chi connectivity index (χ1n) is 5.19. The molecule has 0 N–H and O–H groups in total. The van der Waals surface area contributed by atoms with E-state index in [-0.39, 0.29) is 11.0 Å². The van der Waals surface area contributed by atoms with Crippen LogP contribution in [0.15, 0.2) is 23.1 Å². The summed E-state index contributed by atoms with van der Waals surface area (Å²) in [6.07, 6.45) is 4.53. The number of hydrogen-bond donors (Lipinski definition) is 0. The molecule has 1 heterocycles. The third-order valence-electron chi connectivity index (χ3n) is 3.07. The molecule has 0 unspecified atom stereocenters. The molecule has 2 rings (SSSR count). The predicted octanol–water partition coefficient (Wildman–Crippen LogP) is 1.85. The van der Waals surface area contributed by atoms with Crippen molar-refractivity contribution in [3.05, 3.63) is 34.2 Å². The van der Waals surface area contributed by atoms with Crippen LogP contribution in [0, 0.1) is 23.7 Å². The third kappa shape index (κ3) is 2.10. The SMILES string of the molecule is Cc1ccn(CC2(CC#N)CC2)c(=O)c1. The summed E-state index contributed by atoms with van der Waals surface area (Å²) in [6, 6.07) is 5.78. The number of aryl methyl sites for hydroxylation is 1. The molecule has 1 saturated carbocycles. The van der Waals surface area contributed by atoms with Crippen LogP contribution in [-0.2, 0) is 6.54 Å². The molecular formula is C12H14N2O. The van der Waals surface area contributed by atoms with Gasteiger partial charge in [-0.15, -0.1) is 0 Å². The lowest BCUT2D eigenvalue weighted by Crippen LogP contribution is -2.23. The Balaban J connectivity index is 2.19. The van der Waals surface area contributed by atoms with Crippen molar-refractivity contribution in [3.63, 3.8) is 0 Å². The van der Waals surface area contributed by atoms with Gasteiger partial charge in [-0.05, 0) is 31.4 Å². The minimum Gasteiger partial charge on any atom is -0.315 e. The van der Waals surface area contributed by atoms with Gasteiger partial charge >= 0.3 is 0 Å². The Labute approximate surface area is 89.0 Å². The van der Waals surface area contributed by atoms with E-state index in [9.17, 15) is 4.79 Å². The molecule has 15 heavy (non-hydrogen) atoms. The average Bonchev–Trinajstić information content (AvgIpc) is 2.91. The first-order valence-corrected chi connectivity index (χ1v) is 5.19. The number of pyridine rings is 1. The summed E-state index contributed by atoms with van der Waals surface area (Å²) in [7, 11) is 0. The molecule has 0 spiro atoms. The Morgan fingerprint density at radius 3 is 2.87 bits per heavy atom. The zero-order chi connectivity index (χ0) is 10.9. The normalized spacial score (nSPS) is 17.1. The van der Waals surface area contributed by atoms with Crippen molar-refractivity contribution < 1.29 is 0 Å². The first-order chi connectivity index (χ1) is 7.15. The van der Waals surface area contributed by atoms with Crippen molar-refractivity contribution >= 4 is 0 Å². The van der Waals surface area contributed by atoms with Crippen LogP contribution in [0.1, 0.15) is 24.8 Å². The van der Waals surface area contributed by atoms with Crippen LogP contribution in [0.5, 0.6) is 0 Å². The van der Waals surface area contributed by atoms with E-state index in [1.807, 2.05) is 19.2 Å². The highest BCUT2D eigenvalue weighted by molar-refractivity contribution is 5.09. The van der Waals surface area contributed by atoms with Crippen LogP contribution in [0.3, 0.4) is 0 Å². The van der Waals surface area contributed by atoms with Gasteiger partial charge in [-0.2, -0.15) is 5.26 Å². The van der Waals surface area contributed by atoms with Gasteiger partial charge in [0.05, 0.1) is 6.07 Å². The van der Waals surface area contributed by atoms with E-state index in [4.69, 9.17) is 5.26 Å². The predicted molar refractivity (Wildman–Crippen MR) is 57.3 cm³/mol. The van der Waals surface area contributed by atoms with E-state index in [2.05, 4.69) is 6.07 Å². The van der Waals surface area contributed by atoms with Crippen LogP contribution in [0.2, 0.25) is 0 Å². The molecule has 78 valence electrons. The summed E-state index contributed by atoms with van der Waals surface area (Å²) in [5.74, 6) is 0. The summed E-state index contributed by atoms with van der Waals surface area (Å²) in [5.41, 5.74) is 1.12. The van der Waals surface area contributed by atoms with Crippen molar-refractivity contribution in [2.45, 2.75) is 32.7 Å². The second kappa shape index (κ2) is 3.54. The molecule has 0 aromatic carbocycles. The van der Waals surface area contributed by atoms with Crippen molar-refractivity contribution in [1.29, 1.82) is 5.26 Å². The highest BCUT2D eigenvalue weighted by atomic mass is 16.1. The Morgan fingerprint density at radius 2 is 2.33 bits per heavy atom. The molecule has 0 bridgehead atoms. The van der Waals surface area contributed by atoms with Crippen molar-refractivity contribution in [3.8, 4) is 6.07 Å². The van der Waals surface area contributed by atoms with Crippen LogP contribution < -0.4 is 5.56 Å². The van der Waals surface area contributed by atoms with Crippen molar-refractivity contribution in [1.82, 2.24) is 4.57 Å². The fourth-order valence-electron chi connectivity index (χ4n) is 1.83. The molecular weight excluding hydrogens is 188 g/mol. The molecule has 1 aliphatic carbocycles. The van der Waals surface area contributed by atoms with Crippen molar-refractivity contribution in [2.75, 3.05) is 0 Å². The Morgan fingerprint density at radius 1 is 1.60 bits per heavy atom. The number of hydrogen-bond acceptors (Lipinski definition) is 2. The second-order valence-corrected chi connectivity index (χ2v) is 4.51. The minimum atomic E-state index is 0.0409. The summed E-state index contributed by atoms with van der Waals surface area (Å²) in [6.45, 7) is 2.60. The fraction of sp³-hybridized carbons (Fsp3) is 0.500. The molecule has 0 saturated heterocycles. The van der Waals surface area contributed by atoms with Gasteiger partial charge in [0.1, 0.15) is 0 Å². The van der Waals surface area contributed by atoms with Gasteiger partial charge in [0.15, 0.2) is 0 Å². The van der Waals surface area contributed by atoms with E-state index in [1.54, 1.807) is 10.6 Å². The Hall–Kier alpha value is -1.56. The number of aromatic nitrogens is 1. The van der Waals surface area contributed by atoms with Crippen LogP contribution in [-0.4, -0.2) is 4.57 Å². The second-order valence-electron chi connectivity index (χ2n) is 4.51. The molecule has 1 fully saturated rings. The monoisotopic (exact) mass is 202 g/mol. The topological polar surface area (TPSA) is 45.8 Å². The standard InChI is InChI=1S/C12H14N2O/c1-10-2-7-14(11(15)8-10)9-12(3-4-12)5-6-13/h2,7-8H,3-5,9H2,1H3. The molecule has 1 aliphatic rings. The fourth-order valence-corrected chi connectivity index (χ4v) is 1.83. The molecule has 0 amide bonds. The van der Waals surface area contributed by atoms with Gasteiger partial charge in [0.25, 0.3) is 5.56 Å². The van der Waals surface area contributed by atoms with Crippen LogP contribution >= 0.6 is 0 Å². The molecule has 0 radical (unpaired) electrons. The maximum absolute atomic E-state index is 11.6. The largest absolute Gasteiger partial charge is 0.315 e. The summed E-state index contributed by atoms with van der Waals surface area (Å²) in [4.78, 5) is 11.6. The third-order valence-corrected chi connectivity index (χ3v) is 3.07. The number of nitrogens with zero attached hydrogens (tertiary/aromatic N) is 2. The number of nitriles is 1. The molecule has 0 aliphatic heterocycles. The zero-order valence-corrected chi connectivity index (χ0v) is 8.86. The summed E-state index contributed by atoms with van der Waals surface area (Å²) >= 11 is 0. The van der Waals surface area contributed by atoms with Gasteiger partial charge in [0, 0.05) is 30.6 Å². The smallest absolute Gasteiger partial charge is 0.250 e. The molecule has 1 aromatic heterocycles. The molecule has 3 heteroatoms. The van der Waals surface area contributed by atoms with Gasteiger partial charge in [-0.1, -0.05) is 0 Å². The minimum absolute atomic E-state index is 0.0409. The van der Waals surface area contributed by atoms with Crippen LogP contribution in [0.4, 0.5) is 0 Å². The summed E-state index contributed by atoms with van der Waals surface area (Å²) in [5, 5.41) is 8.70. The molecule has 1 aromatic rings. The van der Waals surface area contributed by atoms with Gasteiger partial charge in [-0.25, -0.2) is 0 Å². The van der Waals surface area contributed by atoms with E-state index in [0.29, 0.717) is 13.0 Å². The maximum Gasteiger partial charge on any atom is 0.250 e. The van der Waals surface area contributed by atoms with E-state index in [0.717, 1.165) is 18.4 Å². The molecule has 3 nitrogen and oxygen atoms in total. The quantitative estimate of drug-likeness (QED) is 0.750. The van der Waals surface area contributed by atoms with E-state index < -0.39 is 0 Å². The van der Waals surface area contributed by atoms with Crippen LogP contribution in [0.25, 0.3) is 0 Å². The van der Waals surface area contributed by atoms with Gasteiger partial charge in [0.2, 0.25) is 0 Å². The van der Waals surface area contributed by atoms with Gasteiger partial charge in [-0.3, -0.25) is 4.79 Å². The Bertz CT molecular complexity index is 463.